The van der Waals surface area contributed by atoms with E-state index in [-0.39, 0.29) is 11.7 Å². The van der Waals surface area contributed by atoms with E-state index in [9.17, 15) is 4.79 Å². The summed E-state index contributed by atoms with van der Waals surface area (Å²) in [6, 6.07) is 3.82. The maximum Gasteiger partial charge on any atom is 0.241 e. The molecule has 0 saturated carbocycles. The normalized spacial score (nSPS) is 18.3. The summed E-state index contributed by atoms with van der Waals surface area (Å²) in [4.78, 5) is 28.2. The molecular formula is C17H17N5O2S. The third kappa shape index (κ3) is 3.64. The Balaban J connectivity index is 1.41. The van der Waals surface area contributed by atoms with E-state index in [0.29, 0.717) is 24.0 Å². The molecule has 0 aliphatic carbocycles. The van der Waals surface area contributed by atoms with Crippen molar-refractivity contribution in [2.24, 2.45) is 5.92 Å². The lowest BCUT2D eigenvalue weighted by Crippen LogP contribution is -2.38. The lowest BCUT2D eigenvalue weighted by Gasteiger charge is -2.30. The quantitative estimate of drug-likeness (QED) is 0.650. The molecule has 7 nitrogen and oxygen atoms in total. The zero-order valence-electron chi connectivity index (χ0n) is 13.5. The van der Waals surface area contributed by atoms with Gasteiger partial charge < -0.3 is 4.52 Å². The predicted octanol–water partition coefficient (Wildman–Crippen LogP) is 2.68. The van der Waals surface area contributed by atoms with E-state index >= 15 is 0 Å². The van der Waals surface area contributed by atoms with Gasteiger partial charge in [-0.1, -0.05) is 11.2 Å². The smallest absolute Gasteiger partial charge is 0.241 e. The average molecular weight is 355 g/mol. The first-order valence-corrected chi connectivity index (χ1v) is 9.06. The highest BCUT2D eigenvalue weighted by Gasteiger charge is 2.28. The Kier molecular flexibility index (Phi) is 4.62. The standard InChI is InChI=1S/C17H17N5O2S/c23-16(14-4-2-8-25-14)12-3-1-7-22(10-12)11-15-20-17(21-24-15)13-9-18-5-6-19-13/h2,4-6,8-9,12H,1,3,7,10-11H2/t12-/m1/s1. The van der Waals surface area contributed by atoms with Crippen molar-refractivity contribution in [2.45, 2.75) is 19.4 Å². The van der Waals surface area contributed by atoms with Crippen molar-refractivity contribution in [3.63, 3.8) is 0 Å². The number of aromatic nitrogens is 4. The lowest BCUT2D eigenvalue weighted by molar-refractivity contribution is 0.0801. The molecule has 1 aliphatic heterocycles. The van der Waals surface area contributed by atoms with Gasteiger partial charge in [0.2, 0.25) is 11.7 Å². The van der Waals surface area contributed by atoms with Crippen molar-refractivity contribution in [2.75, 3.05) is 13.1 Å². The fourth-order valence-corrected chi connectivity index (χ4v) is 3.81. The molecule has 0 bridgehead atoms. The number of carbonyl (C=O) groups is 1. The second-order valence-corrected chi connectivity index (χ2v) is 6.97. The summed E-state index contributed by atoms with van der Waals surface area (Å²) < 4.78 is 5.34. The van der Waals surface area contributed by atoms with E-state index < -0.39 is 0 Å². The summed E-state index contributed by atoms with van der Waals surface area (Å²) >= 11 is 1.51. The van der Waals surface area contributed by atoms with E-state index in [4.69, 9.17) is 4.52 Å². The number of piperidine rings is 1. The molecule has 1 fully saturated rings. The van der Waals surface area contributed by atoms with Crippen LogP contribution in [0.3, 0.4) is 0 Å². The molecule has 4 heterocycles. The maximum atomic E-state index is 12.6. The number of carbonyl (C=O) groups excluding carboxylic acids is 1. The molecule has 3 aromatic heterocycles. The van der Waals surface area contributed by atoms with Crippen molar-refractivity contribution in [1.29, 1.82) is 0 Å². The number of thiophene rings is 1. The largest absolute Gasteiger partial charge is 0.337 e. The fraction of sp³-hybridized carbons (Fsp3) is 0.353. The Morgan fingerprint density at radius 1 is 1.40 bits per heavy atom. The van der Waals surface area contributed by atoms with Gasteiger partial charge in [0.05, 0.1) is 17.6 Å². The minimum atomic E-state index is 0.0368. The first-order chi connectivity index (χ1) is 12.3. The number of ketones is 1. The van der Waals surface area contributed by atoms with Crippen LogP contribution in [0.15, 0.2) is 40.6 Å². The van der Waals surface area contributed by atoms with E-state index in [1.54, 1.807) is 18.6 Å². The van der Waals surface area contributed by atoms with Gasteiger partial charge in [-0.2, -0.15) is 4.98 Å². The zero-order chi connectivity index (χ0) is 17.1. The van der Waals surface area contributed by atoms with Crippen molar-refractivity contribution in [3.05, 3.63) is 46.9 Å². The molecule has 1 saturated heterocycles. The van der Waals surface area contributed by atoms with Crippen LogP contribution in [-0.2, 0) is 6.54 Å². The molecule has 0 amide bonds. The monoisotopic (exact) mass is 355 g/mol. The molecule has 0 N–H and O–H groups in total. The van der Waals surface area contributed by atoms with E-state index in [2.05, 4.69) is 25.0 Å². The van der Waals surface area contributed by atoms with Crippen LogP contribution in [0.2, 0.25) is 0 Å². The molecule has 128 valence electrons. The van der Waals surface area contributed by atoms with Crippen molar-refractivity contribution < 1.29 is 9.32 Å². The van der Waals surface area contributed by atoms with Gasteiger partial charge in [0, 0.05) is 24.9 Å². The summed E-state index contributed by atoms with van der Waals surface area (Å²) in [5, 5.41) is 5.91. The van der Waals surface area contributed by atoms with Crippen LogP contribution in [-0.4, -0.2) is 43.9 Å². The summed E-state index contributed by atoms with van der Waals surface area (Å²) in [5.41, 5.74) is 0.585. The van der Waals surface area contributed by atoms with Gasteiger partial charge in [-0.05, 0) is 30.8 Å². The third-order valence-electron chi connectivity index (χ3n) is 4.26. The second kappa shape index (κ2) is 7.20. The molecule has 8 heteroatoms. The first kappa shape index (κ1) is 16.0. The van der Waals surface area contributed by atoms with Gasteiger partial charge in [0.1, 0.15) is 5.69 Å². The number of nitrogens with zero attached hydrogens (tertiary/aromatic N) is 5. The fourth-order valence-electron chi connectivity index (χ4n) is 3.06. The Hall–Kier alpha value is -2.45. The Labute approximate surface area is 148 Å². The van der Waals surface area contributed by atoms with Gasteiger partial charge in [0.25, 0.3) is 0 Å². The van der Waals surface area contributed by atoms with E-state index in [1.807, 2.05) is 17.5 Å². The number of hydrogen-bond acceptors (Lipinski definition) is 8. The van der Waals surface area contributed by atoms with Crippen LogP contribution in [0.5, 0.6) is 0 Å². The third-order valence-corrected chi connectivity index (χ3v) is 5.14. The highest BCUT2D eigenvalue weighted by atomic mass is 32.1. The Morgan fingerprint density at radius 3 is 3.16 bits per heavy atom. The van der Waals surface area contributed by atoms with E-state index in [1.165, 1.54) is 11.3 Å². The average Bonchev–Trinajstić information content (AvgIpc) is 3.34. The zero-order valence-corrected chi connectivity index (χ0v) is 14.4. The minimum absolute atomic E-state index is 0.0368. The minimum Gasteiger partial charge on any atom is -0.337 e. The highest BCUT2D eigenvalue weighted by molar-refractivity contribution is 7.12. The summed E-state index contributed by atoms with van der Waals surface area (Å²) in [6.07, 6.45) is 6.72. The number of likely N-dealkylation sites (tertiary alicyclic amines) is 1. The van der Waals surface area contributed by atoms with Crippen LogP contribution in [0.4, 0.5) is 0 Å². The topological polar surface area (TPSA) is 85.0 Å². The number of Topliss-reactive ketones (excluding diaryl/α,β-unsaturated/α-hetero) is 1. The molecule has 1 aliphatic rings. The molecule has 0 aromatic carbocycles. The lowest BCUT2D eigenvalue weighted by atomic mass is 9.93. The van der Waals surface area contributed by atoms with Gasteiger partial charge in [-0.3, -0.25) is 14.7 Å². The van der Waals surface area contributed by atoms with Crippen molar-refractivity contribution >= 4 is 17.1 Å². The van der Waals surface area contributed by atoms with Gasteiger partial charge >= 0.3 is 0 Å². The molecule has 3 aromatic rings. The van der Waals surface area contributed by atoms with Gasteiger partial charge in [-0.15, -0.1) is 11.3 Å². The number of hydrogen-bond donors (Lipinski definition) is 0. The van der Waals surface area contributed by atoms with Crippen molar-refractivity contribution in [1.82, 2.24) is 25.0 Å². The molecule has 0 radical (unpaired) electrons. The van der Waals surface area contributed by atoms with Crippen LogP contribution in [0, 0.1) is 5.92 Å². The molecule has 25 heavy (non-hydrogen) atoms. The van der Waals surface area contributed by atoms with Gasteiger partial charge in [0.15, 0.2) is 5.78 Å². The Bertz CT molecular complexity index is 834. The molecule has 0 unspecified atom stereocenters. The summed E-state index contributed by atoms with van der Waals surface area (Å²) in [5.74, 6) is 1.25. The Morgan fingerprint density at radius 2 is 2.36 bits per heavy atom. The van der Waals surface area contributed by atoms with Crippen LogP contribution in [0.25, 0.3) is 11.5 Å². The second-order valence-electron chi connectivity index (χ2n) is 6.02. The predicted molar refractivity (Wildman–Crippen MR) is 92.0 cm³/mol. The van der Waals surface area contributed by atoms with Crippen LogP contribution >= 0.6 is 11.3 Å². The van der Waals surface area contributed by atoms with Gasteiger partial charge in [-0.25, -0.2) is 4.98 Å². The molecule has 1 atom stereocenters. The molecule has 4 rings (SSSR count). The molecule has 0 spiro atoms. The SMILES string of the molecule is O=C(c1cccs1)[C@@H]1CCCN(Cc2nc(-c3cnccn3)no2)C1. The summed E-state index contributed by atoms with van der Waals surface area (Å²) in [7, 11) is 0. The first-order valence-electron chi connectivity index (χ1n) is 8.18. The van der Waals surface area contributed by atoms with Crippen LogP contribution < -0.4 is 0 Å². The van der Waals surface area contributed by atoms with E-state index in [0.717, 1.165) is 30.8 Å². The van der Waals surface area contributed by atoms with Crippen LogP contribution in [0.1, 0.15) is 28.4 Å². The molecular weight excluding hydrogens is 338 g/mol. The highest BCUT2D eigenvalue weighted by Crippen LogP contribution is 2.24. The van der Waals surface area contributed by atoms with Crippen molar-refractivity contribution in [3.8, 4) is 11.5 Å². The number of rotatable bonds is 5. The summed E-state index contributed by atoms with van der Waals surface area (Å²) in [6.45, 7) is 2.19. The maximum absolute atomic E-state index is 12.6.